The molecule has 5 heteroatoms. The molecule has 0 aliphatic carbocycles. The largest absolute Gasteiger partial charge is 0.497 e. The summed E-state index contributed by atoms with van der Waals surface area (Å²) in [6.07, 6.45) is 1.54. The first kappa shape index (κ1) is 12.0. The van der Waals surface area contributed by atoms with Crippen molar-refractivity contribution in [3.8, 4) is 5.75 Å². The molecule has 1 aliphatic heterocycles. The van der Waals surface area contributed by atoms with E-state index in [0.29, 0.717) is 6.42 Å². The van der Waals surface area contributed by atoms with Gasteiger partial charge in [0.25, 0.3) is 0 Å². The maximum absolute atomic E-state index is 11.9. The smallest absolute Gasteiger partial charge is 0.165 e. The Morgan fingerprint density at radius 1 is 1.50 bits per heavy atom. The number of Topliss-reactive ketones (excluding diaryl/α,β-unsaturated/α-hetero) is 1. The maximum atomic E-state index is 11.9. The van der Waals surface area contributed by atoms with Crippen molar-refractivity contribution >= 4 is 41.8 Å². The highest BCUT2D eigenvalue weighted by Gasteiger charge is 2.21. The van der Waals surface area contributed by atoms with Gasteiger partial charge < -0.3 is 9.04 Å². The first-order valence-corrected chi connectivity index (χ1v) is 8.35. The quantitative estimate of drug-likeness (QED) is 0.604. The van der Waals surface area contributed by atoms with Gasteiger partial charge in [-0.25, -0.2) is 0 Å². The van der Waals surface area contributed by atoms with Crippen molar-refractivity contribution in [1.82, 2.24) is 0 Å². The molecule has 0 radical (unpaired) electrons. The van der Waals surface area contributed by atoms with Crippen LogP contribution in [0.15, 0.2) is 18.2 Å². The minimum atomic E-state index is 0.227. The van der Waals surface area contributed by atoms with E-state index < -0.39 is 0 Å². The van der Waals surface area contributed by atoms with E-state index >= 15 is 0 Å². The summed E-state index contributed by atoms with van der Waals surface area (Å²) in [5.74, 6) is 1.02. The monoisotopic (exact) mass is 349 g/mol. The minimum Gasteiger partial charge on any atom is -0.497 e. The van der Waals surface area contributed by atoms with Crippen molar-refractivity contribution in [2.75, 3.05) is 18.0 Å². The zero-order valence-electron chi connectivity index (χ0n) is 8.90. The number of rotatable bonds is 2. The number of ether oxygens (including phenoxy) is 1. The van der Waals surface area contributed by atoms with Gasteiger partial charge >= 0.3 is 0 Å². The van der Waals surface area contributed by atoms with Crippen LogP contribution in [0.3, 0.4) is 0 Å². The van der Waals surface area contributed by atoms with E-state index in [1.54, 1.807) is 16.2 Å². The van der Waals surface area contributed by atoms with E-state index in [9.17, 15) is 4.79 Å². The fourth-order valence-corrected chi connectivity index (χ4v) is 3.44. The van der Waals surface area contributed by atoms with Crippen LogP contribution in [0, 0.1) is 0 Å². The van der Waals surface area contributed by atoms with Crippen LogP contribution >= 0.6 is 30.3 Å². The number of benzene rings is 1. The predicted octanol–water partition coefficient (Wildman–Crippen LogP) is 3.48. The summed E-state index contributed by atoms with van der Waals surface area (Å²) in [6.45, 7) is 0.902. The van der Waals surface area contributed by atoms with Gasteiger partial charge in [0.15, 0.2) is 5.78 Å². The summed E-state index contributed by atoms with van der Waals surface area (Å²) < 4.78 is 7.34. The molecule has 0 bridgehead atoms. The van der Waals surface area contributed by atoms with Crippen LogP contribution in [0.5, 0.6) is 5.75 Å². The zero-order valence-corrected chi connectivity index (χ0v) is 11.9. The van der Waals surface area contributed by atoms with Crippen molar-refractivity contribution < 1.29 is 9.53 Å². The zero-order chi connectivity index (χ0) is 11.5. The molecule has 86 valence electrons. The molecule has 3 nitrogen and oxygen atoms in total. The van der Waals surface area contributed by atoms with Crippen LogP contribution in [0.4, 0.5) is 5.69 Å². The molecule has 0 saturated heterocycles. The number of methoxy groups -OCH3 is 1. The van der Waals surface area contributed by atoms with E-state index in [0.717, 1.165) is 30.0 Å². The molecule has 2 rings (SSSR count). The van der Waals surface area contributed by atoms with Crippen LogP contribution in [-0.2, 0) is 0 Å². The van der Waals surface area contributed by atoms with Gasteiger partial charge in [0.2, 0.25) is 0 Å². The van der Waals surface area contributed by atoms with E-state index in [1.807, 2.05) is 18.2 Å². The van der Waals surface area contributed by atoms with Crippen molar-refractivity contribution in [2.24, 2.45) is 0 Å². The molecule has 1 aliphatic rings. The Morgan fingerprint density at radius 3 is 3.00 bits per heavy atom. The molecule has 0 N–H and O–H groups in total. The highest BCUT2D eigenvalue weighted by Crippen LogP contribution is 2.36. The molecule has 0 spiro atoms. The standard InChI is InChI=1S/C11H12INO2S/c1-15-8-4-5-9-10(7-8)13(16-12)6-2-3-11(9)14/h4-5,7H,2-3,6H2,1H3. The lowest BCUT2D eigenvalue weighted by molar-refractivity contribution is 0.0984. The Morgan fingerprint density at radius 2 is 2.31 bits per heavy atom. The average Bonchev–Trinajstić information content (AvgIpc) is 2.48. The molecule has 1 aromatic carbocycles. The summed E-state index contributed by atoms with van der Waals surface area (Å²) in [7, 11) is 3.26. The number of carbonyl (C=O) groups is 1. The highest BCUT2D eigenvalue weighted by atomic mass is 127. The maximum Gasteiger partial charge on any atom is 0.165 e. The molecule has 0 unspecified atom stereocenters. The number of hydrogen-bond donors (Lipinski definition) is 0. The van der Waals surface area contributed by atoms with Crippen molar-refractivity contribution in [3.63, 3.8) is 0 Å². The first-order valence-electron chi connectivity index (χ1n) is 5.03. The Balaban J connectivity index is 2.49. The third kappa shape index (κ3) is 2.29. The Hall–Kier alpha value is -0.430. The summed E-state index contributed by atoms with van der Waals surface area (Å²) in [6, 6.07) is 5.64. The lowest BCUT2D eigenvalue weighted by Crippen LogP contribution is -2.13. The summed E-state index contributed by atoms with van der Waals surface area (Å²) in [5.41, 5.74) is 1.78. The van der Waals surface area contributed by atoms with Gasteiger partial charge in [-0.3, -0.25) is 4.79 Å². The van der Waals surface area contributed by atoms with E-state index in [4.69, 9.17) is 4.74 Å². The van der Waals surface area contributed by atoms with Crippen molar-refractivity contribution in [3.05, 3.63) is 23.8 Å². The fourth-order valence-electron chi connectivity index (χ4n) is 1.79. The second-order valence-corrected chi connectivity index (χ2v) is 5.34. The van der Waals surface area contributed by atoms with Crippen LogP contribution in [-0.4, -0.2) is 19.4 Å². The third-order valence-electron chi connectivity index (χ3n) is 2.62. The lowest BCUT2D eigenvalue weighted by atomic mass is 10.1. The predicted molar refractivity (Wildman–Crippen MR) is 75.5 cm³/mol. The average molecular weight is 349 g/mol. The van der Waals surface area contributed by atoms with Crippen molar-refractivity contribution in [2.45, 2.75) is 12.8 Å². The first-order chi connectivity index (χ1) is 7.76. The summed E-state index contributed by atoms with van der Waals surface area (Å²) in [5, 5.41) is 0. The SMILES string of the molecule is COc1ccc2c(c1)N(SI)CCCC2=O. The molecule has 1 aromatic rings. The van der Waals surface area contributed by atoms with Gasteiger partial charge in [-0.2, -0.15) is 0 Å². The Labute approximate surface area is 111 Å². The number of ketones is 1. The molecular formula is C11H12INO2S. The number of halogens is 1. The minimum absolute atomic E-state index is 0.227. The molecule has 1 heterocycles. The molecule has 0 saturated carbocycles. The van der Waals surface area contributed by atoms with Gasteiger partial charge in [0, 0.05) is 54.9 Å². The van der Waals surface area contributed by atoms with Gasteiger partial charge in [0.1, 0.15) is 5.75 Å². The second kappa shape index (κ2) is 5.27. The summed E-state index contributed by atoms with van der Waals surface area (Å²) in [4.78, 5) is 11.9. The van der Waals surface area contributed by atoms with Gasteiger partial charge in [-0.15, -0.1) is 0 Å². The van der Waals surface area contributed by atoms with E-state index in [1.165, 1.54) is 0 Å². The molecule has 0 atom stereocenters. The van der Waals surface area contributed by atoms with Gasteiger partial charge in [-0.1, -0.05) is 0 Å². The van der Waals surface area contributed by atoms with Crippen molar-refractivity contribution in [1.29, 1.82) is 0 Å². The number of nitrogens with zero attached hydrogens (tertiary/aromatic N) is 1. The third-order valence-corrected chi connectivity index (χ3v) is 4.59. The second-order valence-electron chi connectivity index (χ2n) is 3.58. The van der Waals surface area contributed by atoms with Crippen LogP contribution in [0.25, 0.3) is 0 Å². The Bertz CT molecular complexity index is 411. The molecule has 16 heavy (non-hydrogen) atoms. The molecular weight excluding hydrogens is 337 g/mol. The van der Waals surface area contributed by atoms with Gasteiger partial charge in [0.05, 0.1) is 12.8 Å². The topological polar surface area (TPSA) is 29.5 Å². The van der Waals surface area contributed by atoms with Gasteiger partial charge in [-0.05, 0) is 18.6 Å². The number of hydrogen-bond acceptors (Lipinski definition) is 4. The molecule has 0 amide bonds. The molecule has 0 fully saturated rings. The summed E-state index contributed by atoms with van der Waals surface area (Å²) >= 11 is 2.24. The number of carbonyl (C=O) groups excluding carboxylic acids is 1. The van der Waals surface area contributed by atoms with Crippen LogP contribution in [0.2, 0.25) is 0 Å². The molecule has 0 aromatic heterocycles. The highest BCUT2D eigenvalue weighted by molar-refractivity contribution is 14.2. The van der Waals surface area contributed by atoms with E-state index in [2.05, 4.69) is 25.5 Å². The van der Waals surface area contributed by atoms with Crippen LogP contribution in [0.1, 0.15) is 23.2 Å². The fraction of sp³-hybridized carbons (Fsp3) is 0.364. The van der Waals surface area contributed by atoms with E-state index in [-0.39, 0.29) is 5.78 Å². The normalized spacial score (nSPS) is 15.6. The number of fused-ring (bicyclic) bond motifs is 1. The number of anilines is 1. The van der Waals surface area contributed by atoms with Crippen LogP contribution < -0.4 is 9.04 Å². The Kier molecular flexibility index (Phi) is 3.96. The lowest BCUT2D eigenvalue weighted by Gasteiger charge is -2.20.